The number of allylic oxidation sites excluding steroid dienone is 1. The van der Waals surface area contributed by atoms with Crippen LogP contribution in [0.4, 0.5) is 0 Å². The number of hydrogen-bond donors (Lipinski definition) is 1. The number of nitrogens with zero attached hydrogens (tertiary/aromatic N) is 2. The number of aromatic nitrogens is 1. The van der Waals surface area contributed by atoms with Gasteiger partial charge in [0.15, 0.2) is 0 Å². The molecule has 3 aromatic rings. The van der Waals surface area contributed by atoms with Crippen LogP contribution in [0, 0.1) is 22.7 Å². The van der Waals surface area contributed by atoms with Gasteiger partial charge in [-0.25, -0.2) is 0 Å². The zero-order valence-electron chi connectivity index (χ0n) is 11.8. The molecule has 23 heavy (non-hydrogen) atoms. The average Bonchev–Trinajstić information content (AvgIpc) is 2.97. The number of hydrogen-bond acceptors (Lipinski definition) is 2. The van der Waals surface area contributed by atoms with Crippen molar-refractivity contribution in [3.05, 3.63) is 69.3 Å². The lowest BCUT2D eigenvalue weighted by atomic mass is 10.0. The third kappa shape index (κ3) is 2.94. The maximum Gasteiger partial charge on any atom is 0.0998 e. The molecule has 5 heteroatoms. The highest BCUT2D eigenvalue weighted by Crippen LogP contribution is 2.28. The van der Waals surface area contributed by atoms with Gasteiger partial charge in [-0.05, 0) is 42.0 Å². The molecule has 0 fully saturated rings. The molecular formula is C18H9Cl2N3. The van der Waals surface area contributed by atoms with Crippen molar-refractivity contribution in [2.75, 3.05) is 0 Å². The Hall–Kier alpha value is -2.72. The lowest BCUT2D eigenvalue weighted by molar-refractivity contribution is 1.46. The summed E-state index contributed by atoms with van der Waals surface area (Å²) in [6, 6.07) is 14.7. The van der Waals surface area contributed by atoms with Crippen LogP contribution in [0.5, 0.6) is 0 Å². The van der Waals surface area contributed by atoms with Gasteiger partial charge in [0.05, 0.1) is 33.3 Å². The Labute approximate surface area is 143 Å². The van der Waals surface area contributed by atoms with Crippen molar-refractivity contribution in [1.29, 1.82) is 10.5 Å². The maximum atomic E-state index is 9.45. The fourth-order valence-electron chi connectivity index (χ4n) is 2.33. The zero-order valence-corrected chi connectivity index (χ0v) is 13.3. The molecule has 0 aliphatic rings. The predicted octanol–water partition coefficient (Wildman–Crippen LogP) is 5.41. The molecule has 0 unspecified atom stereocenters. The number of rotatable bonds is 2. The van der Waals surface area contributed by atoms with Crippen LogP contribution in [0.3, 0.4) is 0 Å². The van der Waals surface area contributed by atoms with E-state index in [1.807, 2.05) is 6.07 Å². The van der Waals surface area contributed by atoms with Crippen LogP contribution < -0.4 is 0 Å². The second kappa shape index (κ2) is 6.18. The summed E-state index contributed by atoms with van der Waals surface area (Å²) < 4.78 is 0. The minimum absolute atomic E-state index is 0.399. The number of nitrogens with one attached hydrogen (secondary N) is 1. The smallest absolute Gasteiger partial charge is 0.0998 e. The van der Waals surface area contributed by atoms with Crippen LogP contribution in [-0.2, 0) is 0 Å². The van der Waals surface area contributed by atoms with Gasteiger partial charge < -0.3 is 4.98 Å². The molecule has 0 aliphatic heterocycles. The minimum atomic E-state index is 0.399. The van der Waals surface area contributed by atoms with Crippen LogP contribution in [0.1, 0.15) is 16.7 Å². The van der Waals surface area contributed by atoms with Crippen molar-refractivity contribution in [1.82, 2.24) is 4.98 Å². The van der Waals surface area contributed by atoms with E-state index in [0.29, 0.717) is 26.7 Å². The Morgan fingerprint density at radius 2 is 1.87 bits per heavy atom. The molecule has 0 spiro atoms. The van der Waals surface area contributed by atoms with Crippen LogP contribution >= 0.6 is 23.2 Å². The molecular weight excluding hydrogens is 329 g/mol. The Morgan fingerprint density at radius 3 is 2.57 bits per heavy atom. The van der Waals surface area contributed by atoms with Crippen LogP contribution in [-0.4, -0.2) is 4.98 Å². The summed E-state index contributed by atoms with van der Waals surface area (Å²) in [6.45, 7) is 0. The summed E-state index contributed by atoms with van der Waals surface area (Å²) in [4.78, 5) is 3.13. The van der Waals surface area contributed by atoms with Crippen molar-refractivity contribution in [2.24, 2.45) is 0 Å². The first-order chi connectivity index (χ1) is 11.1. The maximum absolute atomic E-state index is 9.45. The minimum Gasteiger partial charge on any atom is -0.361 e. The Kier molecular flexibility index (Phi) is 4.08. The highest BCUT2D eigenvalue weighted by molar-refractivity contribution is 6.42. The molecule has 1 aromatic heterocycles. The Bertz CT molecular complexity index is 1020. The Morgan fingerprint density at radius 1 is 1.04 bits per heavy atom. The molecule has 0 saturated carbocycles. The molecule has 2 aromatic carbocycles. The van der Waals surface area contributed by atoms with Gasteiger partial charge in [0, 0.05) is 22.7 Å². The molecule has 0 saturated heterocycles. The van der Waals surface area contributed by atoms with Gasteiger partial charge in [0.2, 0.25) is 0 Å². The van der Waals surface area contributed by atoms with E-state index in [2.05, 4.69) is 17.1 Å². The van der Waals surface area contributed by atoms with E-state index in [9.17, 15) is 5.26 Å². The highest BCUT2D eigenvalue weighted by Gasteiger charge is 2.08. The molecule has 1 heterocycles. The quantitative estimate of drug-likeness (QED) is 0.635. The molecule has 0 atom stereocenters. The molecule has 1 N–H and O–H groups in total. The van der Waals surface area contributed by atoms with Crippen LogP contribution in [0.15, 0.2) is 42.6 Å². The summed E-state index contributed by atoms with van der Waals surface area (Å²) in [5, 5.41) is 20.2. The molecule has 0 amide bonds. The number of H-pyrrole nitrogens is 1. The van der Waals surface area contributed by atoms with Gasteiger partial charge in [0.1, 0.15) is 0 Å². The second-order valence-electron chi connectivity index (χ2n) is 4.91. The van der Waals surface area contributed by atoms with E-state index >= 15 is 0 Å². The molecule has 110 valence electrons. The standard InChI is InChI=1S/C18H9Cl2N3/c19-16-3-2-12(7-17(16)20)13(9-22)6-14-10-23-18-4-1-11(8-21)5-15(14)18/h1-7,10,23H/b13-6+. The molecule has 0 aliphatic carbocycles. The number of nitriles is 2. The predicted molar refractivity (Wildman–Crippen MR) is 93.0 cm³/mol. The lowest BCUT2D eigenvalue weighted by Gasteiger charge is -2.02. The first kappa shape index (κ1) is 15.2. The number of aromatic amines is 1. The van der Waals surface area contributed by atoms with E-state index in [1.165, 1.54) is 0 Å². The highest BCUT2D eigenvalue weighted by atomic mass is 35.5. The van der Waals surface area contributed by atoms with Crippen LogP contribution in [0.2, 0.25) is 10.0 Å². The largest absolute Gasteiger partial charge is 0.361 e. The summed E-state index contributed by atoms with van der Waals surface area (Å²) in [6.07, 6.45) is 3.57. The van der Waals surface area contributed by atoms with Gasteiger partial charge in [-0.3, -0.25) is 0 Å². The first-order valence-corrected chi connectivity index (χ1v) is 7.46. The fourth-order valence-corrected chi connectivity index (χ4v) is 2.63. The molecule has 3 rings (SSSR count). The van der Waals surface area contributed by atoms with Gasteiger partial charge >= 0.3 is 0 Å². The lowest BCUT2D eigenvalue weighted by Crippen LogP contribution is -1.83. The number of halogens is 2. The monoisotopic (exact) mass is 337 g/mol. The summed E-state index contributed by atoms with van der Waals surface area (Å²) in [5.41, 5.74) is 3.46. The van der Waals surface area contributed by atoms with Gasteiger partial charge in [-0.1, -0.05) is 29.3 Å². The van der Waals surface area contributed by atoms with E-state index < -0.39 is 0 Å². The van der Waals surface area contributed by atoms with Gasteiger partial charge in [-0.15, -0.1) is 0 Å². The third-order valence-electron chi connectivity index (χ3n) is 3.49. The summed E-state index contributed by atoms with van der Waals surface area (Å²) >= 11 is 11.9. The summed E-state index contributed by atoms with van der Waals surface area (Å²) in [5.74, 6) is 0. The van der Waals surface area contributed by atoms with Crippen molar-refractivity contribution in [3.63, 3.8) is 0 Å². The van der Waals surface area contributed by atoms with Crippen molar-refractivity contribution in [3.8, 4) is 12.1 Å². The van der Waals surface area contributed by atoms with E-state index in [-0.39, 0.29) is 0 Å². The molecule has 0 bridgehead atoms. The third-order valence-corrected chi connectivity index (χ3v) is 4.23. The number of benzene rings is 2. The molecule has 0 radical (unpaired) electrons. The SMILES string of the molecule is N#C/C(=C\c1c[nH]c2ccc(C#N)cc12)c1ccc(Cl)c(Cl)c1. The van der Waals surface area contributed by atoms with Crippen molar-refractivity contribution >= 4 is 45.8 Å². The van der Waals surface area contributed by atoms with Gasteiger partial charge in [-0.2, -0.15) is 10.5 Å². The molecule has 3 nitrogen and oxygen atoms in total. The topological polar surface area (TPSA) is 63.4 Å². The fraction of sp³-hybridized carbons (Fsp3) is 0. The average molecular weight is 338 g/mol. The van der Waals surface area contributed by atoms with E-state index in [4.69, 9.17) is 28.5 Å². The Balaban J connectivity index is 2.13. The van der Waals surface area contributed by atoms with E-state index in [1.54, 1.807) is 42.6 Å². The van der Waals surface area contributed by atoms with Crippen molar-refractivity contribution in [2.45, 2.75) is 0 Å². The van der Waals surface area contributed by atoms with E-state index in [0.717, 1.165) is 16.5 Å². The van der Waals surface area contributed by atoms with Crippen LogP contribution in [0.25, 0.3) is 22.6 Å². The first-order valence-electron chi connectivity index (χ1n) is 6.71. The number of fused-ring (bicyclic) bond motifs is 1. The summed E-state index contributed by atoms with van der Waals surface area (Å²) in [7, 11) is 0. The normalized spacial score (nSPS) is 11.2. The second-order valence-corrected chi connectivity index (χ2v) is 5.73. The van der Waals surface area contributed by atoms with Crippen molar-refractivity contribution < 1.29 is 0 Å². The van der Waals surface area contributed by atoms with Gasteiger partial charge in [0.25, 0.3) is 0 Å². The zero-order chi connectivity index (χ0) is 16.4.